The number of nitrogens with zero attached hydrogens (tertiary/aromatic N) is 2. The molecule has 10 nitrogen and oxygen atoms in total. The van der Waals surface area contributed by atoms with Crippen LogP contribution in [-0.2, 0) is 9.59 Å². The summed E-state index contributed by atoms with van der Waals surface area (Å²) in [5.41, 5.74) is 12.5. The molecule has 10 heteroatoms. The van der Waals surface area contributed by atoms with Gasteiger partial charge in [-0.1, -0.05) is 0 Å². The van der Waals surface area contributed by atoms with Gasteiger partial charge in [0.25, 0.3) is 0 Å². The molecule has 0 aromatic heterocycles. The van der Waals surface area contributed by atoms with E-state index in [-0.39, 0.29) is 17.9 Å². The molecule has 0 aliphatic carbocycles. The van der Waals surface area contributed by atoms with E-state index >= 15 is 0 Å². The molecule has 1 aliphatic rings. The van der Waals surface area contributed by atoms with E-state index in [4.69, 9.17) is 11.5 Å². The molecule has 0 spiro atoms. The molecule has 4 amide bonds. The molecule has 35 heavy (non-hydrogen) atoms. The highest BCUT2D eigenvalue weighted by molar-refractivity contribution is 5.95. The average Bonchev–Trinajstić information content (AvgIpc) is 2.83. The Morgan fingerprint density at radius 1 is 0.771 bits per heavy atom. The van der Waals surface area contributed by atoms with Crippen LogP contribution in [0.3, 0.4) is 0 Å². The number of piperazine rings is 1. The number of benzene rings is 2. The number of primary amides is 2. The Kier molecular flexibility index (Phi) is 8.93. The van der Waals surface area contributed by atoms with Crippen molar-refractivity contribution in [1.82, 2.24) is 9.80 Å². The lowest BCUT2D eigenvalue weighted by Crippen LogP contribution is -2.52. The summed E-state index contributed by atoms with van der Waals surface area (Å²) < 4.78 is 0. The van der Waals surface area contributed by atoms with E-state index in [2.05, 4.69) is 27.4 Å². The number of amides is 4. The van der Waals surface area contributed by atoms with Crippen molar-refractivity contribution in [3.63, 3.8) is 0 Å². The van der Waals surface area contributed by atoms with Gasteiger partial charge in [0, 0.05) is 74.1 Å². The Hall–Kier alpha value is -3.76. The molecule has 1 unspecified atom stereocenters. The summed E-state index contributed by atoms with van der Waals surface area (Å²) in [6, 6.07) is 13.2. The van der Waals surface area contributed by atoms with Crippen LogP contribution in [0.15, 0.2) is 48.5 Å². The first-order valence-electron chi connectivity index (χ1n) is 11.6. The molecule has 2 aromatic carbocycles. The van der Waals surface area contributed by atoms with Crippen LogP contribution in [0.4, 0.5) is 11.4 Å². The Balaban J connectivity index is 1.35. The molecular weight excluding hydrogens is 448 g/mol. The lowest BCUT2D eigenvalue weighted by molar-refractivity contribution is -0.118. The smallest absolute Gasteiger partial charge is 0.248 e. The van der Waals surface area contributed by atoms with E-state index in [1.54, 1.807) is 48.5 Å². The molecule has 6 N–H and O–H groups in total. The van der Waals surface area contributed by atoms with Crippen LogP contribution in [0.5, 0.6) is 0 Å². The Morgan fingerprint density at radius 2 is 1.23 bits per heavy atom. The van der Waals surface area contributed by atoms with Crippen molar-refractivity contribution in [2.45, 2.75) is 25.8 Å². The van der Waals surface area contributed by atoms with Crippen LogP contribution < -0.4 is 22.1 Å². The molecular formula is C25H32N6O4. The monoisotopic (exact) mass is 480 g/mol. The van der Waals surface area contributed by atoms with Gasteiger partial charge >= 0.3 is 0 Å². The quantitative estimate of drug-likeness (QED) is 0.402. The molecule has 1 heterocycles. The minimum atomic E-state index is -0.506. The van der Waals surface area contributed by atoms with E-state index in [0.717, 1.165) is 19.6 Å². The Labute approximate surface area is 204 Å². The fourth-order valence-electron chi connectivity index (χ4n) is 3.99. The van der Waals surface area contributed by atoms with Crippen LogP contribution in [0.25, 0.3) is 0 Å². The number of hydrogen-bond donors (Lipinski definition) is 4. The zero-order chi connectivity index (χ0) is 25.4. The van der Waals surface area contributed by atoms with Crippen molar-refractivity contribution in [2.24, 2.45) is 11.5 Å². The molecule has 2 aromatic rings. The predicted molar refractivity (Wildman–Crippen MR) is 134 cm³/mol. The van der Waals surface area contributed by atoms with Gasteiger partial charge in [0.15, 0.2) is 0 Å². The molecule has 0 bridgehead atoms. The van der Waals surface area contributed by atoms with Crippen molar-refractivity contribution in [3.05, 3.63) is 59.7 Å². The normalized spacial score (nSPS) is 16.4. The number of nitrogens with two attached hydrogens (primary N) is 2. The highest BCUT2D eigenvalue weighted by Gasteiger charge is 2.24. The molecule has 1 fully saturated rings. The molecule has 1 aliphatic heterocycles. The van der Waals surface area contributed by atoms with Crippen LogP contribution in [-0.4, -0.2) is 72.2 Å². The first kappa shape index (κ1) is 25.9. The summed E-state index contributed by atoms with van der Waals surface area (Å²) in [4.78, 5) is 51.4. The third kappa shape index (κ3) is 7.90. The van der Waals surface area contributed by atoms with Gasteiger partial charge < -0.3 is 27.0 Å². The number of hydrogen-bond acceptors (Lipinski definition) is 6. The zero-order valence-corrected chi connectivity index (χ0v) is 19.8. The lowest BCUT2D eigenvalue weighted by Gasteiger charge is -2.39. The van der Waals surface area contributed by atoms with Crippen molar-refractivity contribution in [3.8, 4) is 0 Å². The first-order chi connectivity index (χ1) is 16.7. The third-order valence-corrected chi connectivity index (χ3v) is 6.04. The van der Waals surface area contributed by atoms with Crippen molar-refractivity contribution in [2.75, 3.05) is 43.4 Å². The third-order valence-electron chi connectivity index (χ3n) is 6.04. The summed E-state index contributed by atoms with van der Waals surface area (Å²) in [6.07, 6.45) is 0.722. The highest BCUT2D eigenvalue weighted by Crippen LogP contribution is 2.14. The number of carbonyl (C=O) groups is 4. The molecule has 0 saturated carbocycles. The van der Waals surface area contributed by atoms with Gasteiger partial charge in [0.2, 0.25) is 23.6 Å². The maximum absolute atomic E-state index is 12.3. The highest BCUT2D eigenvalue weighted by atomic mass is 16.2. The Morgan fingerprint density at radius 3 is 1.66 bits per heavy atom. The van der Waals surface area contributed by atoms with Gasteiger partial charge in [-0.2, -0.15) is 0 Å². The minimum Gasteiger partial charge on any atom is -0.366 e. The molecule has 186 valence electrons. The first-order valence-corrected chi connectivity index (χ1v) is 11.6. The van der Waals surface area contributed by atoms with Gasteiger partial charge in [-0.05, 0) is 55.5 Å². The number of anilines is 2. The summed E-state index contributed by atoms with van der Waals surface area (Å²) in [6.45, 7) is 5.86. The van der Waals surface area contributed by atoms with E-state index in [9.17, 15) is 19.2 Å². The molecule has 0 radical (unpaired) electrons. The minimum absolute atomic E-state index is 0.0903. The summed E-state index contributed by atoms with van der Waals surface area (Å²) in [7, 11) is 0. The van der Waals surface area contributed by atoms with Crippen molar-refractivity contribution >= 4 is 35.0 Å². The maximum Gasteiger partial charge on any atom is 0.248 e. The largest absolute Gasteiger partial charge is 0.366 e. The van der Waals surface area contributed by atoms with Crippen LogP contribution in [0.1, 0.15) is 40.5 Å². The molecule has 1 atom stereocenters. The van der Waals surface area contributed by atoms with E-state index in [1.807, 2.05) is 0 Å². The number of rotatable bonds is 10. The van der Waals surface area contributed by atoms with Gasteiger partial charge in [0.05, 0.1) is 0 Å². The van der Waals surface area contributed by atoms with Gasteiger partial charge in [-0.25, -0.2) is 0 Å². The van der Waals surface area contributed by atoms with E-state index < -0.39 is 11.8 Å². The SMILES string of the molecule is CC1CN(CCC(=O)Nc2ccc(C(N)=O)cc2)CCN1CCC(=O)Nc1ccc(C(N)=O)cc1. The lowest BCUT2D eigenvalue weighted by atomic mass is 10.1. The molecule has 3 rings (SSSR count). The summed E-state index contributed by atoms with van der Waals surface area (Å²) >= 11 is 0. The fraction of sp³-hybridized carbons (Fsp3) is 0.360. The number of nitrogens with one attached hydrogen (secondary N) is 2. The summed E-state index contributed by atoms with van der Waals surface area (Å²) in [5.74, 6) is -1.19. The second kappa shape index (κ2) is 12.1. The van der Waals surface area contributed by atoms with E-state index in [1.165, 1.54) is 0 Å². The van der Waals surface area contributed by atoms with Crippen molar-refractivity contribution < 1.29 is 19.2 Å². The maximum atomic E-state index is 12.3. The fourth-order valence-corrected chi connectivity index (χ4v) is 3.99. The topological polar surface area (TPSA) is 151 Å². The van der Waals surface area contributed by atoms with Gasteiger partial charge in [-0.3, -0.25) is 24.1 Å². The van der Waals surface area contributed by atoms with Gasteiger partial charge in [-0.15, -0.1) is 0 Å². The standard InChI is InChI=1S/C25H32N6O4/c1-17-16-30(12-10-22(32)28-20-6-2-18(3-7-20)24(26)34)14-15-31(17)13-11-23(33)29-21-8-4-19(5-9-21)25(27)35/h2-9,17H,10-16H2,1H3,(H2,26,34)(H2,27,35)(H,28,32)(H,29,33). The Bertz CT molecular complexity index is 1050. The van der Waals surface area contributed by atoms with E-state index in [0.29, 0.717) is 48.4 Å². The van der Waals surface area contributed by atoms with Crippen molar-refractivity contribution in [1.29, 1.82) is 0 Å². The predicted octanol–water partition coefficient (Wildman–Crippen LogP) is 1.25. The summed E-state index contributed by atoms with van der Waals surface area (Å²) in [5, 5.41) is 5.67. The number of carbonyl (C=O) groups excluding carboxylic acids is 4. The van der Waals surface area contributed by atoms with Gasteiger partial charge in [0.1, 0.15) is 0 Å². The molecule has 1 saturated heterocycles. The van der Waals surface area contributed by atoms with Crippen LogP contribution in [0, 0.1) is 0 Å². The zero-order valence-electron chi connectivity index (χ0n) is 19.8. The average molecular weight is 481 g/mol. The van der Waals surface area contributed by atoms with Crippen LogP contribution >= 0.6 is 0 Å². The second-order valence-corrected chi connectivity index (χ2v) is 8.67. The second-order valence-electron chi connectivity index (χ2n) is 8.67. The van der Waals surface area contributed by atoms with Crippen LogP contribution in [0.2, 0.25) is 0 Å².